The van der Waals surface area contributed by atoms with Crippen molar-refractivity contribution in [2.45, 2.75) is 26.2 Å². The van der Waals surface area contributed by atoms with Crippen LogP contribution < -0.4 is 0 Å². The Bertz CT molecular complexity index is 712. The van der Waals surface area contributed by atoms with Crippen LogP contribution in [0.2, 0.25) is 0 Å². The maximum Gasteiger partial charge on any atom is 0.168 e. The molecule has 1 N–H and O–H groups in total. The smallest absolute Gasteiger partial charge is 0.168 e. The molecule has 3 fully saturated rings. The van der Waals surface area contributed by atoms with Gasteiger partial charge in [0.15, 0.2) is 5.78 Å². The van der Waals surface area contributed by atoms with Gasteiger partial charge in [-0.15, -0.1) is 0 Å². The molecule has 1 aromatic heterocycles. The van der Waals surface area contributed by atoms with Crippen molar-refractivity contribution in [2.24, 2.45) is 29.6 Å². The number of H-pyrrole nitrogens is 1. The molecule has 2 aromatic rings. The minimum Gasteiger partial charge on any atom is -0.360 e. The van der Waals surface area contributed by atoms with Crippen LogP contribution in [0, 0.1) is 36.5 Å². The molecule has 4 atom stereocenters. The van der Waals surface area contributed by atoms with Gasteiger partial charge in [0.1, 0.15) is 0 Å². The summed E-state index contributed by atoms with van der Waals surface area (Å²) in [6.45, 7) is 2.10. The quantitative estimate of drug-likeness (QED) is 0.819. The van der Waals surface area contributed by atoms with Crippen LogP contribution in [0.25, 0.3) is 10.9 Å². The zero-order valence-corrected chi connectivity index (χ0v) is 11.7. The van der Waals surface area contributed by atoms with Crippen LogP contribution in [0.3, 0.4) is 0 Å². The number of rotatable bonds is 2. The second-order valence-corrected chi connectivity index (χ2v) is 7.08. The number of hydrogen-bond acceptors (Lipinski definition) is 1. The molecule has 3 aliphatic rings. The first-order chi connectivity index (χ1) is 9.75. The molecule has 1 aromatic carbocycles. The summed E-state index contributed by atoms with van der Waals surface area (Å²) in [6, 6.07) is 6.22. The summed E-state index contributed by atoms with van der Waals surface area (Å²) < 4.78 is 0. The molecular formula is C18H19NO. The Morgan fingerprint density at radius 2 is 1.95 bits per heavy atom. The lowest BCUT2D eigenvalue weighted by atomic mass is 9.95. The van der Waals surface area contributed by atoms with Gasteiger partial charge in [0.2, 0.25) is 0 Å². The molecular weight excluding hydrogens is 246 g/mol. The minimum absolute atomic E-state index is 0.347. The summed E-state index contributed by atoms with van der Waals surface area (Å²) >= 11 is 0. The number of hydrogen-bond donors (Lipinski definition) is 1. The Hall–Kier alpha value is -1.57. The van der Waals surface area contributed by atoms with Gasteiger partial charge < -0.3 is 4.98 Å². The molecule has 2 nitrogen and oxygen atoms in total. The lowest BCUT2D eigenvalue weighted by molar-refractivity contribution is 0.0946. The highest BCUT2D eigenvalue weighted by atomic mass is 16.1. The molecule has 3 aliphatic carbocycles. The van der Waals surface area contributed by atoms with E-state index in [2.05, 4.69) is 30.1 Å². The normalized spacial score (nSPS) is 37.4. The summed E-state index contributed by atoms with van der Waals surface area (Å²) in [7, 11) is 0. The molecule has 0 spiro atoms. The number of fused-ring (bicyclic) bond motifs is 6. The fourth-order valence-electron chi connectivity index (χ4n) is 5.42. The van der Waals surface area contributed by atoms with E-state index in [0.29, 0.717) is 11.7 Å². The van der Waals surface area contributed by atoms with Crippen molar-refractivity contribution in [3.8, 4) is 0 Å². The van der Waals surface area contributed by atoms with Crippen LogP contribution in [0.4, 0.5) is 0 Å². The van der Waals surface area contributed by atoms with E-state index in [0.717, 1.165) is 40.1 Å². The fourth-order valence-corrected chi connectivity index (χ4v) is 5.42. The summed E-state index contributed by atoms with van der Waals surface area (Å²) in [6.07, 6.45) is 6.10. The molecule has 2 heteroatoms. The predicted molar refractivity (Wildman–Crippen MR) is 78.7 cm³/mol. The molecule has 0 radical (unpaired) electrons. The number of nitrogens with one attached hydrogen (secondary N) is 1. The molecule has 0 saturated heterocycles. The molecule has 4 unspecified atom stereocenters. The number of aromatic amines is 1. The highest BCUT2D eigenvalue weighted by Crippen LogP contribution is 2.70. The minimum atomic E-state index is 0.347. The Labute approximate surface area is 118 Å². The maximum atomic E-state index is 12.9. The van der Waals surface area contributed by atoms with Crippen LogP contribution in [-0.2, 0) is 0 Å². The van der Waals surface area contributed by atoms with Crippen molar-refractivity contribution in [1.82, 2.24) is 4.98 Å². The predicted octanol–water partition coefficient (Wildman–Crippen LogP) is 3.95. The van der Waals surface area contributed by atoms with Gasteiger partial charge >= 0.3 is 0 Å². The average molecular weight is 265 g/mol. The van der Waals surface area contributed by atoms with Gasteiger partial charge in [0.25, 0.3) is 0 Å². The average Bonchev–Trinajstić information content (AvgIpc) is 2.83. The number of carbonyl (C=O) groups excluding carboxylic acids is 1. The van der Waals surface area contributed by atoms with Gasteiger partial charge in [-0.25, -0.2) is 0 Å². The van der Waals surface area contributed by atoms with E-state index in [1.807, 2.05) is 6.20 Å². The van der Waals surface area contributed by atoms with Crippen LogP contribution in [0.1, 0.15) is 35.2 Å². The molecule has 5 rings (SSSR count). The molecule has 2 bridgehead atoms. The maximum absolute atomic E-state index is 12.9. The first-order valence-corrected chi connectivity index (χ1v) is 7.86. The first-order valence-electron chi connectivity index (χ1n) is 7.86. The van der Waals surface area contributed by atoms with Crippen molar-refractivity contribution in [3.05, 3.63) is 35.5 Å². The molecule has 0 amide bonds. The van der Waals surface area contributed by atoms with E-state index in [1.165, 1.54) is 24.8 Å². The standard InChI is InChI=1S/C18H19NO/c1-9-3-2-4-13-14(9)12(8-19-13)18(20)17-15-10-5-6-11(7-10)16(15)17/h2-4,8,10-11,15-17,19H,5-7H2,1H3. The van der Waals surface area contributed by atoms with Crippen molar-refractivity contribution in [1.29, 1.82) is 0 Å². The lowest BCUT2D eigenvalue weighted by Gasteiger charge is -2.07. The Morgan fingerprint density at radius 3 is 2.70 bits per heavy atom. The number of aryl methyl sites for hydroxylation is 1. The third-order valence-corrected chi connectivity index (χ3v) is 6.22. The zero-order valence-electron chi connectivity index (χ0n) is 11.7. The number of Topliss-reactive ketones (excluding diaryl/α,β-unsaturated/α-hetero) is 1. The van der Waals surface area contributed by atoms with E-state index in [4.69, 9.17) is 0 Å². The van der Waals surface area contributed by atoms with Gasteiger partial charge in [-0.3, -0.25) is 4.79 Å². The third-order valence-electron chi connectivity index (χ3n) is 6.22. The number of ketones is 1. The van der Waals surface area contributed by atoms with Crippen molar-refractivity contribution in [3.63, 3.8) is 0 Å². The van der Waals surface area contributed by atoms with Gasteiger partial charge in [0, 0.05) is 28.6 Å². The third kappa shape index (κ3) is 1.23. The Kier molecular flexibility index (Phi) is 1.97. The number of aromatic nitrogens is 1. The largest absolute Gasteiger partial charge is 0.360 e. The van der Waals surface area contributed by atoms with E-state index < -0.39 is 0 Å². The number of benzene rings is 1. The summed E-state index contributed by atoms with van der Waals surface area (Å²) in [5.74, 6) is 3.96. The van der Waals surface area contributed by atoms with Gasteiger partial charge in [0.05, 0.1) is 0 Å². The SMILES string of the molecule is Cc1cccc2[nH]cc(C(=O)C3C4C5CCC(C5)C34)c12. The topological polar surface area (TPSA) is 32.9 Å². The second-order valence-electron chi connectivity index (χ2n) is 7.08. The van der Waals surface area contributed by atoms with Crippen LogP contribution in [-0.4, -0.2) is 10.8 Å². The summed E-state index contributed by atoms with van der Waals surface area (Å²) in [5.41, 5.74) is 3.25. The van der Waals surface area contributed by atoms with Gasteiger partial charge in [-0.2, -0.15) is 0 Å². The second kappa shape index (κ2) is 3.55. The fraction of sp³-hybridized carbons (Fsp3) is 0.500. The summed E-state index contributed by atoms with van der Waals surface area (Å²) in [5, 5.41) is 1.15. The van der Waals surface area contributed by atoms with Crippen molar-refractivity contribution < 1.29 is 4.79 Å². The molecule has 102 valence electrons. The number of carbonyl (C=O) groups is 1. The van der Waals surface area contributed by atoms with Crippen LogP contribution in [0.15, 0.2) is 24.4 Å². The first kappa shape index (κ1) is 11.1. The lowest BCUT2D eigenvalue weighted by Crippen LogP contribution is -2.09. The van der Waals surface area contributed by atoms with E-state index >= 15 is 0 Å². The van der Waals surface area contributed by atoms with E-state index in [1.54, 1.807) is 0 Å². The van der Waals surface area contributed by atoms with Gasteiger partial charge in [-0.1, -0.05) is 12.1 Å². The van der Waals surface area contributed by atoms with Crippen LogP contribution >= 0.6 is 0 Å². The highest BCUT2D eigenvalue weighted by molar-refractivity contribution is 6.11. The zero-order chi connectivity index (χ0) is 13.4. The van der Waals surface area contributed by atoms with E-state index in [-0.39, 0.29) is 0 Å². The monoisotopic (exact) mass is 265 g/mol. The summed E-state index contributed by atoms with van der Waals surface area (Å²) in [4.78, 5) is 16.2. The van der Waals surface area contributed by atoms with Gasteiger partial charge in [-0.05, 0) is 61.5 Å². The molecule has 0 aliphatic heterocycles. The van der Waals surface area contributed by atoms with Crippen molar-refractivity contribution in [2.75, 3.05) is 0 Å². The van der Waals surface area contributed by atoms with E-state index in [9.17, 15) is 4.79 Å². The Morgan fingerprint density at radius 1 is 1.20 bits per heavy atom. The van der Waals surface area contributed by atoms with Crippen molar-refractivity contribution >= 4 is 16.7 Å². The molecule has 1 heterocycles. The Balaban J connectivity index is 1.55. The van der Waals surface area contributed by atoms with Crippen LogP contribution in [0.5, 0.6) is 0 Å². The molecule has 20 heavy (non-hydrogen) atoms. The highest BCUT2D eigenvalue weighted by Gasteiger charge is 2.67. The molecule has 3 saturated carbocycles.